The number of amides is 1. The maximum absolute atomic E-state index is 11.5. The number of pyridine rings is 1. The highest BCUT2D eigenvalue weighted by Crippen LogP contribution is 2.33. The summed E-state index contributed by atoms with van der Waals surface area (Å²) in [6, 6.07) is 10.4. The van der Waals surface area contributed by atoms with E-state index >= 15 is 0 Å². The van der Waals surface area contributed by atoms with Gasteiger partial charge in [-0.25, -0.2) is 4.98 Å². The highest BCUT2D eigenvalue weighted by Gasteiger charge is 2.23. The number of aromatic nitrogens is 2. The predicted molar refractivity (Wildman–Crippen MR) is 97.2 cm³/mol. The van der Waals surface area contributed by atoms with Gasteiger partial charge >= 0.3 is 0 Å². The predicted octanol–water partition coefficient (Wildman–Crippen LogP) is 2.90. The lowest BCUT2D eigenvalue weighted by molar-refractivity contribution is -0.119. The van der Waals surface area contributed by atoms with E-state index in [-0.39, 0.29) is 11.8 Å². The molecular weight excluding hydrogens is 314 g/mol. The number of carbonyl (C=O) groups is 1. The van der Waals surface area contributed by atoms with Crippen molar-refractivity contribution in [3.8, 4) is 11.1 Å². The molecule has 1 saturated heterocycles. The van der Waals surface area contributed by atoms with Crippen molar-refractivity contribution in [3.63, 3.8) is 0 Å². The fraction of sp³-hybridized carbons (Fsp3) is 0.300. The molecule has 5 nitrogen and oxygen atoms in total. The summed E-state index contributed by atoms with van der Waals surface area (Å²) in [5.41, 5.74) is 5.07. The number of aliphatic hydroxyl groups excluding tert-OH is 1. The molecule has 2 aromatic heterocycles. The molecule has 25 heavy (non-hydrogen) atoms. The Balaban J connectivity index is 1.81. The van der Waals surface area contributed by atoms with Gasteiger partial charge in [0.1, 0.15) is 5.65 Å². The van der Waals surface area contributed by atoms with E-state index in [1.807, 2.05) is 23.7 Å². The Morgan fingerprint density at radius 1 is 1.36 bits per heavy atom. The first kappa shape index (κ1) is 15.8. The Labute approximate surface area is 146 Å². The third kappa shape index (κ3) is 2.81. The molecule has 2 N–H and O–H groups in total. The first-order valence-electron chi connectivity index (χ1n) is 8.53. The van der Waals surface area contributed by atoms with E-state index in [9.17, 15) is 9.90 Å². The second-order valence-corrected chi connectivity index (χ2v) is 6.80. The zero-order valence-corrected chi connectivity index (χ0v) is 14.4. The number of nitrogens with zero attached hydrogens (tertiary/aromatic N) is 2. The van der Waals surface area contributed by atoms with Crippen molar-refractivity contribution in [1.29, 1.82) is 0 Å². The van der Waals surface area contributed by atoms with Gasteiger partial charge in [0, 0.05) is 49.3 Å². The summed E-state index contributed by atoms with van der Waals surface area (Å²) in [7, 11) is 1.98. The second kappa shape index (κ2) is 6.01. The minimum Gasteiger partial charge on any atom is -0.389 e. The molecule has 1 aliphatic heterocycles. The van der Waals surface area contributed by atoms with Crippen LogP contribution in [0.25, 0.3) is 22.2 Å². The molecule has 4 rings (SSSR count). The van der Waals surface area contributed by atoms with Crippen molar-refractivity contribution in [2.45, 2.75) is 25.4 Å². The molecule has 0 radical (unpaired) electrons. The molecule has 128 valence electrons. The lowest BCUT2D eigenvalue weighted by atomic mass is 9.94. The van der Waals surface area contributed by atoms with Crippen LogP contribution in [-0.2, 0) is 11.8 Å². The molecule has 1 amide bonds. The summed E-state index contributed by atoms with van der Waals surface area (Å²) < 4.78 is 2.00. The number of aliphatic hydroxyl groups is 1. The van der Waals surface area contributed by atoms with Crippen molar-refractivity contribution in [3.05, 3.63) is 53.9 Å². The molecule has 3 aromatic rings. The van der Waals surface area contributed by atoms with Crippen molar-refractivity contribution >= 4 is 16.9 Å². The molecule has 1 fully saturated rings. The molecule has 0 saturated carbocycles. The Kier molecular flexibility index (Phi) is 3.81. The lowest BCUT2D eigenvalue weighted by Gasteiger charge is -2.10. The Bertz CT molecular complexity index is 959. The molecule has 0 spiro atoms. The number of hydrogen-bond acceptors (Lipinski definition) is 3. The number of carbonyl (C=O) groups excluding carboxylic acids is 1. The zero-order chi connectivity index (χ0) is 17.6. The Hall–Kier alpha value is -2.66. The van der Waals surface area contributed by atoms with Crippen molar-refractivity contribution in [2.75, 3.05) is 6.54 Å². The van der Waals surface area contributed by atoms with Gasteiger partial charge in [-0.15, -0.1) is 0 Å². The second-order valence-electron chi connectivity index (χ2n) is 6.80. The molecular formula is C20H21N3O2. The van der Waals surface area contributed by atoms with Crippen molar-refractivity contribution < 1.29 is 9.90 Å². The minimum atomic E-state index is -0.549. The summed E-state index contributed by atoms with van der Waals surface area (Å²) in [6.45, 7) is 2.45. The van der Waals surface area contributed by atoms with Gasteiger partial charge in [0.05, 0.1) is 6.10 Å². The van der Waals surface area contributed by atoms with Crippen LogP contribution >= 0.6 is 0 Å². The molecule has 1 aliphatic rings. The van der Waals surface area contributed by atoms with Crippen LogP contribution in [0.3, 0.4) is 0 Å². The van der Waals surface area contributed by atoms with Gasteiger partial charge in [-0.05, 0) is 29.7 Å². The summed E-state index contributed by atoms with van der Waals surface area (Å²) in [4.78, 5) is 16.0. The minimum absolute atomic E-state index is 0.117. The van der Waals surface area contributed by atoms with E-state index in [2.05, 4.69) is 34.7 Å². The van der Waals surface area contributed by atoms with Gasteiger partial charge in [-0.1, -0.05) is 24.3 Å². The number of nitrogens with one attached hydrogen (secondary N) is 1. The maximum Gasteiger partial charge on any atom is 0.220 e. The van der Waals surface area contributed by atoms with Crippen molar-refractivity contribution in [1.82, 2.24) is 14.9 Å². The SMILES string of the molecule is CC(O)c1cnc2c(c1)c(-c1cccc(C3CNC(=O)C3)c1)cn2C. The van der Waals surface area contributed by atoms with Crippen LogP contribution in [0.1, 0.15) is 36.5 Å². The molecule has 0 aliphatic carbocycles. The Morgan fingerprint density at radius 3 is 2.92 bits per heavy atom. The highest BCUT2D eigenvalue weighted by atomic mass is 16.3. The lowest BCUT2D eigenvalue weighted by Crippen LogP contribution is -2.13. The fourth-order valence-corrected chi connectivity index (χ4v) is 3.54. The van der Waals surface area contributed by atoms with Crippen LogP contribution in [0, 0.1) is 0 Å². The summed E-state index contributed by atoms with van der Waals surface area (Å²) >= 11 is 0. The van der Waals surface area contributed by atoms with Gasteiger partial charge in [-0.2, -0.15) is 0 Å². The normalized spacial score (nSPS) is 18.5. The quantitative estimate of drug-likeness (QED) is 0.773. The van der Waals surface area contributed by atoms with E-state index in [1.165, 1.54) is 5.56 Å². The van der Waals surface area contributed by atoms with E-state index in [4.69, 9.17) is 0 Å². The van der Waals surface area contributed by atoms with Crippen LogP contribution in [0.15, 0.2) is 42.7 Å². The van der Waals surface area contributed by atoms with Crippen LogP contribution in [0.5, 0.6) is 0 Å². The molecule has 1 aromatic carbocycles. The molecule has 5 heteroatoms. The number of benzene rings is 1. The summed E-state index contributed by atoms with van der Waals surface area (Å²) in [5.74, 6) is 0.347. The molecule has 2 atom stereocenters. The highest BCUT2D eigenvalue weighted by molar-refractivity contribution is 5.94. The van der Waals surface area contributed by atoms with E-state index in [0.717, 1.165) is 27.7 Å². The number of rotatable bonds is 3. The van der Waals surface area contributed by atoms with Gasteiger partial charge in [0.2, 0.25) is 5.91 Å². The smallest absolute Gasteiger partial charge is 0.220 e. The van der Waals surface area contributed by atoms with Crippen LogP contribution in [-0.4, -0.2) is 27.1 Å². The largest absolute Gasteiger partial charge is 0.389 e. The van der Waals surface area contributed by atoms with Crippen LogP contribution in [0.4, 0.5) is 0 Å². The fourth-order valence-electron chi connectivity index (χ4n) is 3.54. The first-order valence-corrected chi connectivity index (χ1v) is 8.53. The average Bonchev–Trinajstić information content (AvgIpc) is 3.18. The maximum atomic E-state index is 11.5. The average molecular weight is 335 g/mol. The number of hydrogen-bond donors (Lipinski definition) is 2. The molecule has 0 bridgehead atoms. The van der Waals surface area contributed by atoms with Gasteiger partial charge < -0.3 is 15.0 Å². The standard InChI is InChI=1S/C20H21N3O2/c1-12(24)15-7-17-18(11-23(2)20(17)22-9-15)14-5-3-4-13(6-14)16-8-19(25)21-10-16/h3-7,9,11-12,16,24H,8,10H2,1-2H3,(H,21,25). The Morgan fingerprint density at radius 2 is 2.20 bits per heavy atom. The van der Waals surface area contributed by atoms with Gasteiger partial charge in [0.15, 0.2) is 0 Å². The van der Waals surface area contributed by atoms with E-state index in [0.29, 0.717) is 13.0 Å². The van der Waals surface area contributed by atoms with E-state index < -0.39 is 6.10 Å². The van der Waals surface area contributed by atoms with Gasteiger partial charge in [-0.3, -0.25) is 4.79 Å². The van der Waals surface area contributed by atoms with Crippen molar-refractivity contribution in [2.24, 2.45) is 7.05 Å². The summed E-state index contributed by atoms with van der Waals surface area (Å²) in [5, 5.41) is 13.8. The third-order valence-corrected chi connectivity index (χ3v) is 4.96. The zero-order valence-electron chi connectivity index (χ0n) is 14.4. The molecule has 3 heterocycles. The number of aryl methyl sites for hydroxylation is 1. The first-order chi connectivity index (χ1) is 12.0. The topological polar surface area (TPSA) is 67.2 Å². The van der Waals surface area contributed by atoms with Crippen LogP contribution in [0.2, 0.25) is 0 Å². The summed E-state index contributed by atoms with van der Waals surface area (Å²) in [6.07, 6.45) is 3.79. The van der Waals surface area contributed by atoms with Crippen LogP contribution < -0.4 is 5.32 Å². The molecule has 2 unspecified atom stereocenters. The number of fused-ring (bicyclic) bond motifs is 1. The monoisotopic (exact) mass is 335 g/mol. The van der Waals surface area contributed by atoms with E-state index in [1.54, 1.807) is 13.1 Å². The van der Waals surface area contributed by atoms with Gasteiger partial charge in [0.25, 0.3) is 0 Å². The third-order valence-electron chi connectivity index (χ3n) is 4.96.